The van der Waals surface area contributed by atoms with Gasteiger partial charge in [-0.25, -0.2) is 4.98 Å². The average molecular weight is 532 g/mol. The largest absolute Gasteiger partial charge is 0.325 e. The van der Waals surface area contributed by atoms with Gasteiger partial charge in [-0.3, -0.25) is 9.78 Å². The molecule has 2 heterocycles. The van der Waals surface area contributed by atoms with Gasteiger partial charge in [-0.05, 0) is 114 Å². The van der Waals surface area contributed by atoms with Gasteiger partial charge in [-0.1, -0.05) is 11.6 Å². The summed E-state index contributed by atoms with van der Waals surface area (Å²) in [4.78, 5) is 21.0. The van der Waals surface area contributed by atoms with Crippen LogP contribution >= 0.6 is 34.2 Å². The van der Waals surface area contributed by atoms with Crippen molar-refractivity contribution in [1.29, 1.82) is 0 Å². The van der Waals surface area contributed by atoms with Gasteiger partial charge in [0.1, 0.15) is 5.15 Å². The fourth-order valence-electron chi connectivity index (χ4n) is 5.58. The molecule has 3 aromatic rings. The molecule has 4 atom stereocenters. The maximum atomic E-state index is 12.5. The van der Waals surface area contributed by atoms with Crippen LogP contribution in [-0.2, 0) is 4.79 Å². The molecule has 2 saturated carbocycles. The summed E-state index contributed by atoms with van der Waals surface area (Å²) in [5.41, 5.74) is 3.26. The summed E-state index contributed by atoms with van der Waals surface area (Å²) in [6.45, 7) is 0. The SMILES string of the molecule is O=C(C[C@@H]1C[C@@H]2C[C@H](c3ccnc4ccc(I)cc34)C[C@@H]2C1)Nc1ccc(Cl)nc1. The topological polar surface area (TPSA) is 54.9 Å². The van der Waals surface area contributed by atoms with E-state index in [-0.39, 0.29) is 5.91 Å². The van der Waals surface area contributed by atoms with Gasteiger partial charge in [0.2, 0.25) is 5.91 Å². The van der Waals surface area contributed by atoms with Crippen molar-refractivity contribution in [3.05, 3.63) is 63.1 Å². The number of benzene rings is 1. The number of rotatable bonds is 4. The molecule has 2 aromatic heterocycles. The number of hydrogen-bond donors (Lipinski definition) is 1. The first-order valence-electron chi connectivity index (χ1n) is 10.5. The van der Waals surface area contributed by atoms with Gasteiger partial charge in [0.15, 0.2) is 0 Å². The molecule has 2 aliphatic rings. The number of nitrogens with zero attached hydrogens (tertiary/aromatic N) is 2. The van der Waals surface area contributed by atoms with Gasteiger partial charge in [0, 0.05) is 21.6 Å². The predicted molar refractivity (Wildman–Crippen MR) is 129 cm³/mol. The second kappa shape index (κ2) is 8.42. The Morgan fingerprint density at radius 3 is 2.60 bits per heavy atom. The zero-order valence-corrected chi connectivity index (χ0v) is 19.4. The summed E-state index contributed by atoms with van der Waals surface area (Å²) < 4.78 is 1.26. The van der Waals surface area contributed by atoms with Crippen LogP contribution in [-0.4, -0.2) is 15.9 Å². The highest BCUT2D eigenvalue weighted by Gasteiger charge is 2.42. The van der Waals surface area contributed by atoms with Crippen molar-refractivity contribution in [2.75, 3.05) is 5.32 Å². The molecular weight excluding hydrogens is 509 g/mol. The molecule has 0 bridgehead atoms. The lowest BCUT2D eigenvalue weighted by Crippen LogP contribution is -2.16. The lowest BCUT2D eigenvalue weighted by Gasteiger charge is -2.17. The van der Waals surface area contributed by atoms with Crippen LogP contribution in [0, 0.1) is 21.3 Å². The molecule has 1 amide bonds. The highest BCUT2D eigenvalue weighted by atomic mass is 127. The van der Waals surface area contributed by atoms with Crippen molar-refractivity contribution in [1.82, 2.24) is 9.97 Å². The van der Waals surface area contributed by atoms with Crippen LogP contribution in [0.1, 0.15) is 43.6 Å². The Morgan fingerprint density at radius 2 is 1.87 bits per heavy atom. The van der Waals surface area contributed by atoms with Gasteiger partial charge in [0.25, 0.3) is 0 Å². The fourth-order valence-corrected chi connectivity index (χ4v) is 6.19. The molecule has 5 rings (SSSR count). The van der Waals surface area contributed by atoms with E-state index in [4.69, 9.17) is 11.6 Å². The summed E-state index contributed by atoms with van der Waals surface area (Å²) in [5.74, 6) is 2.64. The lowest BCUT2D eigenvalue weighted by atomic mass is 9.89. The maximum absolute atomic E-state index is 12.5. The highest BCUT2D eigenvalue weighted by Crippen LogP contribution is 2.53. The zero-order valence-electron chi connectivity index (χ0n) is 16.5. The van der Waals surface area contributed by atoms with E-state index in [1.807, 2.05) is 6.20 Å². The Kier molecular flexibility index (Phi) is 5.67. The van der Waals surface area contributed by atoms with Gasteiger partial charge >= 0.3 is 0 Å². The number of pyridine rings is 2. The Bertz CT molecular complexity index is 1070. The number of anilines is 1. The third kappa shape index (κ3) is 4.19. The highest BCUT2D eigenvalue weighted by molar-refractivity contribution is 14.1. The van der Waals surface area contributed by atoms with E-state index in [2.05, 4.69) is 62.1 Å². The molecule has 2 aliphatic carbocycles. The van der Waals surface area contributed by atoms with Crippen LogP contribution in [0.4, 0.5) is 5.69 Å². The minimum absolute atomic E-state index is 0.0790. The monoisotopic (exact) mass is 531 g/mol. The Balaban J connectivity index is 1.21. The molecule has 0 unspecified atom stereocenters. The van der Waals surface area contributed by atoms with Crippen LogP contribution in [0.3, 0.4) is 0 Å². The number of nitrogens with one attached hydrogen (secondary N) is 1. The molecule has 0 radical (unpaired) electrons. The summed E-state index contributed by atoms with van der Waals surface area (Å²) in [7, 11) is 0. The van der Waals surface area contributed by atoms with Crippen molar-refractivity contribution in [2.45, 2.75) is 38.0 Å². The van der Waals surface area contributed by atoms with Crippen LogP contribution in [0.25, 0.3) is 10.9 Å². The second-order valence-electron chi connectivity index (χ2n) is 8.71. The summed E-state index contributed by atoms with van der Waals surface area (Å²) >= 11 is 8.19. The minimum Gasteiger partial charge on any atom is -0.325 e. The third-order valence-electron chi connectivity index (χ3n) is 6.78. The molecule has 1 N–H and O–H groups in total. The number of halogens is 2. The Labute approximate surface area is 195 Å². The van der Waals surface area contributed by atoms with Gasteiger partial charge in [-0.15, -0.1) is 0 Å². The number of hydrogen-bond acceptors (Lipinski definition) is 3. The van der Waals surface area contributed by atoms with E-state index in [1.165, 1.54) is 27.4 Å². The molecule has 2 fully saturated rings. The number of carbonyl (C=O) groups excluding carboxylic acids is 1. The predicted octanol–water partition coefficient (Wildman–Crippen LogP) is 6.44. The average Bonchev–Trinajstić information content (AvgIpc) is 3.27. The fraction of sp³-hybridized carbons (Fsp3) is 0.375. The van der Waals surface area contributed by atoms with Crippen LogP contribution < -0.4 is 5.32 Å². The van der Waals surface area contributed by atoms with Crippen LogP contribution in [0.5, 0.6) is 0 Å². The van der Waals surface area contributed by atoms with Crippen molar-refractivity contribution in [3.8, 4) is 0 Å². The molecule has 4 nitrogen and oxygen atoms in total. The normalized spacial score (nSPS) is 25.4. The third-order valence-corrected chi connectivity index (χ3v) is 7.67. The van der Waals surface area contributed by atoms with Crippen LogP contribution in [0.2, 0.25) is 5.15 Å². The minimum atomic E-state index is 0.0790. The lowest BCUT2D eigenvalue weighted by molar-refractivity contribution is -0.117. The zero-order chi connectivity index (χ0) is 20.7. The first-order valence-corrected chi connectivity index (χ1v) is 12.0. The van der Waals surface area contributed by atoms with E-state index >= 15 is 0 Å². The molecule has 0 spiro atoms. The van der Waals surface area contributed by atoms with Gasteiger partial charge in [0.05, 0.1) is 17.4 Å². The number of fused-ring (bicyclic) bond motifs is 2. The van der Waals surface area contributed by atoms with Crippen molar-refractivity contribution in [3.63, 3.8) is 0 Å². The molecule has 1 aromatic carbocycles. The quantitative estimate of drug-likeness (QED) is 0.311. The Morgan fingerprint density at radius 1 is 1.07 bits per heavy atom. The smallest absolute Gasteiger partial charge is 0.224 e. The number of aromatic nitrogens is 2. The molecule has 0 saturated heterocycles. The van der Waals surface area contributed by atoms with Crippen molar-refractivity contribution in [2.24, 2.45) is 17.8 Å². The summed E-state index contributed by atoms with van der Waals surface area (Å²) in [6, 6.07) is 12.2. The van der Waals surface area contributed by atoms with E-state index in [0.29, 0.717) is 29.1 Å². The first-order chi connectivity index (χ1) is 14.5. The molecule has 6 heteroatoms. The van der Waals surface area contributed by atoms with E-state index in [9.17, 15) is 4.79 Å². The maximum Gasteiger partial charge on any atom is 0.224 e. The molecule has 30 heavy (non-hydrogen) atoms. The van der Waals surface area contributed by atoms with Crippen LogP contribution in [0.15, 0.2) is 48.8 Å². The van der Waals surface area contributed by atoms with E-state index in [1.54, 1.807) is 18.3 Å². The molecule has 154 valence electrons. The summed E-state index contributed by atoms with van der Waals surface area (Å²) in [5, 5.41) is 4.69. The van der Waals surface area contributed by atoms with E-state index in [0.717, 1.165) is 30.2 Å². The number of amides is 1. The Hall–Kier alpha value is -1.73. The molecular formula is C24H23ClIN3O. The number of carbonyl (C=O) groups is 1. The first kappa shape index (κ1) is 20.2. The van der Waals surface area contributed by atoms with Gasteiger partial charge in [-0.2, -0.15) is 0 Å². The van der Waals surface area contributed by atoms with Gasteiger partial charge < -0.3 is 5.32 Å². The molecule has 0 aliphatic heterocycles. The summed E-state index contributed by atoms with van der Waals surface area (Å²) in [6.07, 6.45) is 8.94. The second-order valence-corrected chi connectivity index (χ2v) is 10.3. The van der Waals surface area contributed by atoms with Crippen molar-refractivity contribution < 1.29 is 4.79 Å². The standard InChI is InChI=1S/C24H23ClIN3O/c25-23-4-2-19(13-28-23)29-24(30)9-14-7-15-10-17(11-16(15)8-14)20-5-6-27-22-3-1-18(26)12-21(20)22/h1-6,12-17H,7-11H2,(H,29,30)/t14-,15-,16+,17+. The van der Waals surface area contributed by atoms with E-state index < -0.39 is 0 Å². The van der Waals surface area contributed by atoms with Crippen molar-refractivity contribution >= 4 is 56.7 Å².